The first-order chi connectivity index (χ1) is 4.24. The van der Waals surface area contributed by atoms with Gasteiger partial charge in [0, 0.05) is 19.0 Å². The second-order valence-corrected chi connectivity index (χ2v) is 2.29. The topological polar surface area (TPSA) is 66.6 Å². The van der Waals surface area contributed by atoms with Crippen molar-refractivity contribution in [3.63, 3.8) is 0 Å². The fraction of sp³-hybridized carbons (Fsp3) is 0.800. The van der Waals surface area contributed by atoms with E-state index in [1.807, 2.05) is 0 Å². The minimum atomic E-state index is -0.834. The van der Waals surface area contributed by atoms with Gasteiger partial charge in [-0.05, 0) is 6.54 Å². The van der Waals surface area contributed by atoms with Crippen molar-refractivity contribution in [3.05, 3.63) is 0 Å². The molecule has 3 N–H and O–H groups in total. The van der Waals surface area contributed by atoms with Gasteiger partial charge in [0.15, 0.2) is 0 Å². The average Bonchev–Trinajstić information content (AvgIpc) is 1.61. The van der Waals surface area contributed by atoms with E-state index >= 15 is 0 Å². The Bertz CT molecular complexity index is 120. The van der Waals surface area contributed by atoms with Crippen molar-refractivity contribution >= 4 is 6.09 Å². The Morgan fingerprint density at radius 2 is 2.33 bits per heavy atom. The first-order valence-electron chi connectivity index (χ1n) is 2.92. The first-order valence-corrected chi connectivity index (χ1v) is 2.92. The minimum Gasteiger partial charge on any atom is -0.465 e. The summed E-state index contributed by atoms with van der Waals surface area (Å²) in [5.41, 5.74) is 5.28. The molecule has 0 unspecified atom stereocenters. The summed E-state index contributed by atoms with van der Waals surface area (Å²) in [6, 6.07) is 0. The molecule has 9 heavy (non-hydrogen) atoms. The van der Waals surface area contributed by atoms with Crippen LogP contribution in [0.2, 0.25) is 0 Å². The lowest BCUT2D eigenvalue weighted by atomic mass is 10.0. The second-order valence-electron chi connectivity index (χ2n) is 2.29. The van der Waals surface area contributed by atoms with Gasteiger partial charge in [0.1, 0.15) is 0 Å². The third-order valence-corrected chi connectivity index (χ3v) is 1.56. The molecule has 0 saturated carbocycles. The molecule has 0 aromatic rings. The van der Waals surface area contributed by atoms with Crippen molar-refractivity contribution in [3.8, 4) is 0 Å². The monoisotopic (exact) mass is 130 g/mol. The fourth-order valence-corrected chi connectivity index (χ4v) is 0.875. The van der Waals surface area contributed by atoms with E-state index in [0.29, 0.717) is 25.6 Å². The molecule has 4 heteroatoms. The van der Waals surface area contributed by atoms with Crippen LogP contribution in [0.4, 0.5) is 4.79 Å². The summed E-state index contributed by atoms with van der Waals surface area (Å²) in [6.07, 6.45) is -0.834. The summed E-state index contributed by atoms with van der Waals surface area (Å²) in [5, 5.41) is 8.33. The smallest absolute Gasteiger partial charge is 0.407 e. The predicted molar refractivity (Wildman–Crippen MR) is 32.1 cm³/mol. The normalized spacial score (nSPS) is 19.4. The highest BCUT2D eigenvalue weighted by atomic mass is 16.4. The third kappa shape index (κ3) is 1.13. The van der Waals surface area contributed by atoms with Crippen LogP contribution in [0.25, 0.3) is 0 Å². The molecule has 0 bridgehead atoms. The maximum atomic E-state index is 10.1. The van der Waals surface area contributed by atoms with Gasteiger partial charge >= 0.3 is 6.09 Å². The number of rotatable bonds is 1. The highest BCUT2D eigenvalue weighted by Gasteiger charge is 2.28. The molecule has 1 fully saturated rings. The quantitative estimate of drug-likeness (QED) is 0.505. The van der Waals surface area contributed by atoms with Crippen molar-refractivity contribution < 1.29 is 9.90 Å². The Kier molecular flexibility index (Phi) is 1.57. The largest absolute Gasteiger partial charge is 0.465 e. The zero-order chi connectivity index (χ0) is 6.85. The maximum absolute atomic E-state index is 10.1. The molecule has 0 aliphatic carbocycles. The van der Waals surface area contributed by atoms with Gasteiger partial charge in [0.2, 0.25) is 0 Å². The summed E-state index contributed by atoms with van der Waals surface area (Å²) in [7, 11) is 0. The maximum Gasteiger partial charge on any atom is 0.407 e. The highest BCUT2D eigenvalue weighted by molar-refractivity contribution is 5.65. The fourth-order valence-electron chi connectivity index (χ4n) is 0.875. The van der Waals surface area contributed by atoms with Gasteiger partial charge in [-0.3, -0.25) is 0 Å². The number of likely N-dealkylation sites (tertiary alicyclic amines) is 1. The average molecular weight is 130 g/mol. The van der Waals surface area contributed by atoms with Crippen LogP contribution in [-0.4, -0.2) is 35.7 Å². The van der Waals surface area contributed by atoms with E-state index < -0.39 is 6.09 Å². The van der Waals surface area contributed by atoms with E-state index in [1.54, 1.807) is 0 Å². The Morgan fingerprint density at radius 3 is 2.67 bits per heavy atom. The lowest BCUT2D eigenvalue weighted by molar-refractivity contribution is 0.0850. The molecule has 1 heterocycles. The minimum absolute atomic E-state index is 0.404. The molecule has 1 aliphatic rings. The Labute approximate surface area is 53.2 Å². The van der Waals surface area contributed by atoms with Crippen LogP contribution in [0.15, 0.2) is 0 Å². The van der Waals surface area contributed by atoms with Gasteiger partial charge in [-0.1, -0.05) is 0 Å². The Balaban J connectivity index is 2.19. The van der Waals surface area contributed by atoms with Crippen molar-refractivity contribution in [1.82, 2.24) is 4.90 Å². The van der Waals surface area contributed by atoms with Crippen molar-refractivity contribution in [2.75, 3.05) is 19.6 Å². The van der Waals surface area contributed by atoms with Crippen LogP contribution in [-0.2, 0) is 0 Å². The number of nitrogens with zero attached hydrogens (tertiary/aromatic N) is 1. The van der Waals surface area contributed by atoms with Gasteiger partial charge < -0.3 is 15.7 Å². The number of carbonyl (C=O) groups is 1. The molecular formula is C5H10N2O2. The third-order valence-electron chi connectivity index (χ3n) is 1.56. The summed E-state index contributed by atoms with van der Waals surface area (Å²) < 4.78 is 0. The van der Waals surface area contributed by atoms with Gasteiger partial charge in [-0.25, -0.2) is 4.79 Å². The molecule has 0 radical (unpaired) electrons. The lowest BCUT2D eigenvalue weighted by Gasteiger charge is -2.36. The van der Waals surface area contributed by atoms with E-state index in [1.165, 1.54) is 4.90 Å². The number of nitrogens with two attached hydrogens (primary N) is 1. The Hall–Kier alpha value is -0.770. The van der Waals surface area contributed by atoms with E-state index in [-0.39, 0.29) is 0 Å². The number of hydrogen-bond donors (Lipinski definition) is 2. The van der Waals surface area contributed by atoms with Gasteiger partial charge in [-0.2, -0.15) is 0 Å². The molecule has 0 spiro atoms. The van der Waals surface area contributed by atoms with Gasteiger partial charge in [-0.15, -0.1) is 0 Å². The molecule has 0 aromatic heterocycles. The van der Waals surface area contributed by atoms with E-state index in [9.17, 15) is 4.79 Å². The lowest BCUT2D eigenvalue weighted by Crippen LogP contribution is -2.52. The molecule has 0 atom stereocenters. The SMILES string of the molecule is NCC1CN(C(=O)O)C1. The Morgan fingerprint density at radius 1 is 1.78 bits per heavy atom. The highest BCUT2D eigenvalue weighted by Crippen LogP contribution is 2.12. The van der Waals surface area contributed by atoms with Crippen LogP contribution in [0.1, 0.15) is 0 Å². The van der Waals surface area contributed by atoms with Crippen molar-refractivity contribution in [2.45, 2.75) is 0 Å². The summed E-state index contributed by atoms with van der Waals surface area (Å²) >= 11 is 0. The molecule has 1 amide bonds. The molecule has 0 aromatic carbocycles. The van der Waals surface area contributed by atoms with Crippen molar-refractivity contribution in [2.24, 2.45) is 11.7 Å². The molecule has 4 nitrogen and oxygen atoms in total. The molecular weight excluding hydrogens is 120 g/mol. The summed E-state index contributed by atoms with van der Waals surface area (Å²) in [5.74, 6) is 0.404. The summed E-state index contributed by atoms with van der Waals surface area (Å²) in [6.45, 7) is 1.83. The second kappa shape index (κ2) is 2.23. The van der Waals surface area contributed by atoms with Crippen molar-refractivity contribution in [1.29, 1.82) is 0 Å². The van der Waals surface area contributed by atoms with Crippen LogP contribution in [0.5, 0.6) is 0 Å². The van der Waals surface area contributed by atoms with Gasteiger partial charge in [0.05, 0.1) is 0 Å². The summed E-state index contributed by atoms with van der Waals surface area (Å²) in [4.78, 5) is 11.5. The van der Waals surface area contributed by atoms with Crippen LogP contribution < -0.4 is 5.73 Å². The molecule has 1 aliphatic heterocycles. The zero-order valence-electron chi connectivity index (χ0n) is 5.08. The van der Waals surface area contributed by atoms with E-state index in [4.69, 9.17) is 10.8 Å². The zero-order valence-corrected chi connectivity index (χ0v) is 5.08. The van der Waals surface area contributed by atoms with E-state index in [0.717, 1.165) is 0 Å². The standard InChI is InChI=1S/C5H10N2O2/c6-1-4-2-7(3-4)5(8)9/h4H,1-3,6H2,(H,8,9). The first kappa shape index (κ1) is 6.35. The number of hydrogen-bond acceptors (Lipinski definition) is 2. The molecule has 52 valence electrons. The molecule has 1 rings (SSSR count). The van der Waals surface area contributed by atoms with E-state index in [2.05, 4.69) is 0 Å². The van der Waals surface area contributed by atoms with Gasteiger partial charge in [0.25, 0.3) is 0 Å². The number of amides is 1. The number of carboxylic acid groups (broad SMARTS) is 1. The molecule has 1 saturated heterocycles. The van der Waals surface area contributed by atoms with Crippen LogP contribution >= 0.6 is 0 Å². The van der Waals surface area contributed by atoms with Crippen LogP contribution in [0, 0.1) is 5.92 Å². The van der Waals surface area contributed by atoms with Crippen LogP contribution in [0.3, 0.4) is 0 Å². The predicted octanol–water partition coefficient (Wildman–Crippen LogP) is -0.445.